The molecule has 0 unspecified atom stereocenters. The van der Waals surface area contributed by atoms with Gasteiger partial charge in [-0.2, -0.15) is 0 Å². The highest BCUT2D eigenvalue weighted by Crippen LogP contribution is 2.39. The predicted octanol–water partition coefficient (Wildman–Crippen LogP) is 1.53. The molecule has 23 heavy (non-hydrogen) atoms. The minimum atomic E-state index is 0.0804. The second-order valence-corrected chi connectivity index (χ2v) is 5.71. The molecule has 2 aromatic rings. The van der Waals surface area contributed by atoms with Crippen molar-refractivity contribution in [3.05, 3.63) is 47.5 Å². The van der Waals surface area contributed by atoms with Crippen molar-refractivity contribution in [1.82, 2.24) is 5.32 Å². The standard InChI is InChI=1S/C17H18N6/c18-16(19)22-12-3-4-14-11(8-12)7-10-1-2-13(9-15(10)14)23-17-20-5-6-21-17/h1-4,8-9H,5-7H2,(H4,18,19,22)(H2,20,21,23). The molecule has 0 saturated carbocycles. The van der Waals surface area contributed by atoms with Gasteiger partial charge in [0.05, 0.1) is 12.2 Å². The van der Waals surface area contributed by atoms with Gasteiger partial charge in [0.15, 0.2) is 11.9 Å². The van der Waals surface area contributed by atoms with E-state index in [1.807, 2.05) is 12.1 Å². The van der Waals surface area contributed by atoms with Crippen LogP contribution in [0.4, 0.5) is 11.4 Å². The summed E-state index contributed by atoms with van der Waals surface area (Å²) >= 11 is 0. The molecule has 1 aliphatic carbocycles. The molecule has 0 saturated heterocycles. The van der Waals surface area contributed by atoms with Gasteiger partial charge in [0, 0.05) is 12.2 Å². The van der Waals surface area contributed by atoms with Gasteiger partial charge in [-0.05, 0) is 52.9 Å². The molecule has 0 spiro atoms. The summed E-state index contributed by atoms with van der Waals surface area (Å²) in [5.41, 5.74) is 17.8. The summed E-state index contributed by atoms with van der Waals surface area (Å²) in [6.45, 7) is 1.72. The van der Waals surface area contributed by atoms with Crippen molar-refractivity contribution in [2.75, 3.05) is 18.4 Å². The zero-order valence-corrected chi connectivity index (χ0v) is 12.6. The van der Waals surface area contributed by atoms with Gasteiger partial charge < -0.3 is 22.1 Å². The highest BCUT2D eigenvalue weighted by Gasteiger charge is 2.19. The number of guanidine groups is 2. The maximum atomic E-state index is 5.45. The van der Waals surface area contributed by atoms with Crippen molar-refractivity contribution in [1.29, 1.82) is 0 Å². The Kier molecular flexibility index (Phi) is 3.15. The van der Waals surface area contributed by atoms with E-state index in [1.165, 1.54) is 22.3 Å². The third-order valence-electron chi connectivity index (χ3n) is 4.06. The van der Waals surface area contributed by atoms with Gasteiger partial charge in [-0.1, -0.05) is 12.1 Å². The Bertz CT molecular complexity index is 833. The van der Waals surface area contributed by atoms with Gasteiger partial charge in [0.25, 0.3) is 0 Å². The lowest BCUT2D eigenvalue weighted by Gasteiger charge is -2.09. The molecular weight excluding hydrogens is 288 g/mol. The molecule has 2 aliphatic rings. The van der Waals surface area contributed by atoms with E-state index in [0.717, 1.165) is 36.8 Å². The summed E-state index contributed by atoms with van der Waals surface area (Å²) in [6, 6.07) is 12.5. The number of hydrogen-bond donors (Lipinski definition) is 4. The Balaban J connectivity index is 1.66. The summed E-state index contributed by atoms with van der Waals surface area (Å²) in [7, 11) is 0. The minimum Gasteiger partial charge on any atom is -0.370 e. The SMILES string of the molecule is NC(N)=Nc1ccc2c(c1)Cc1ccc(NC3=NCCN3)cc1-2. The Morgan fingerprint density at radius 2 is 2.00 bits per heavy atom. The molecule has 0 aromatic heterocycles. The lowest BCUT2D eigenvalue weighted by atomic mass is 10.0. The highest BCUT2D eigenvalue weighted by atomic mass is 15.2. The van der Waals surface area contributed by atoms with Crippen molar-refractivity contribution >= 4 is 23.3 Å². The topological polar surface area (TPSA) is 101 Å². The first-order chi connectivity index (χ1) is 11.2. The van der Waals surface area contributed by atoms with Crippen LogP contribution < -0.4 is 22.1 Å². The molecule has 116 valence electrons. The number of nitrogens with one attached hydrogen (secondary N) is 2. The molecule has 0 radical (unpaired) electrons. The Morgan fingerprint density at radius 3 is 2.78 bits per heavy atom. The van der Waals surface area contributed by atoms with Crippen LogP contribution in [0.5, 0.6) is 0 Å². The van der Waals surface area contributed by atoms with Gasteiger partial charge in [-0.3, -0.25) is 4.99 Å². The van der Waals surface area contributed by atoms with Crippen LogP contribution in [0.2, 0.25) is 0 Å². The number of nitrogens with zero attached hydrogens (tertiary/aromatic N) is 2. The van der Waals surface area contributed by atoms with Crippen LogP contribution >= 0.6 is 0 Å². The maximum absolute atomic E-state index is 5.45. The van der Waals surface area contributed by atoms with Gasteiger partial charge in [0.1, 0.15) is 0 Å². The van der Waals surface area contributed by atoms with Gasteiger partial charge >= 0.3 is 0 Å². The number of benzene rings is 2. The second kappa shape index (κ2) is 5.31. The lowest BCUT2D eigenvalue weighted by molar-refractivity contribution is 0.959. The fourth-order valence-electron chi connectivity index (χ4n) is 3.09. The van der Waals surface area contributed by atoms with E-state index in [-0.39, 0.29) is 5.96 Å². The highest BCUT2D eigenvalue weighted by molar-refractivity contribution is 5.95. The average molecular weight is 306 g/mol. The van der Waals surface area contributed by atoms with Gasteiger partial charge in [-0.25, -0.2) is 4.99 Å². The molecule has 6 heteroatoms. The average Bonchev–Trinajstić information content (AvgIpc) is 3.13. The van der Waals surface area contributed by atoms with E-state index in [4.69, 9.17) is 11.5 Å². The molecule has 6 nitrogen and oxygen atoms in total. The van der Waals surface area contributed by atoms with Crippen molar-refractivity contribution in [3.8, 4) is 11.1 Å². The van der Waals surface area contributed by atoms with Gasteiger partial charge in [0.2, 0.25) is 0 Å². The van der Waals surface area contributed by atoms with E-state index >= 15 is 0 Å². The van der Waals surface area contributed by atoms with E-state index in [2.05, 4.69) is 44.9 Å². The second-order valence-electron chi connectivity index (χ2n) is 5.71. The molecule has 0 atom stereocenters. The van der Waals surface area contributed by atoms with Crippen LogP contribution in [0.25, 0.3) is 11.1 Å². The Hall–Kier alpha value is -3.02. The summed E-state index contributed by atoms with van der Waals surface area (Å²) in [6.07, 6.45) is 0.901. The molecular formula is C17H18N6. The molecule has 2 aromatic carbocycles. The fourth-order valence-corrected chi connectivity index (χ4v) is 3.09. The zero-order chi connectivity index (χ0) is 15.8. The number of anilines is 1. The molecule has 6 N–H and O–H groups in total. The molecule has 0 bridgehead atoms. The van der Waals surface area contributed by atoms with E-state index < -0.39 is 0 Å². The van der Waals surface area contributed by atoms with Crippen LogP contribution in [0.1, 0.15) is 11.1 Å². The lowest BCUT2D eigenvalue weighted by Crippen LogP contribution is -2.26. The Morgan fingerprint density at radius 1 is 1.09 bits per heavy atom. The van der Waals surface area contributed by atoms with Crippen molar-refractivity contribution in [3.63, 3.8) is 0 Å². The zero-order valence-electron chi connectivity index (χ0n) is 12.6. The molecule has 0 fully saturated rings. The van der Waals surface area contributed by atoms with Crippen LogP contribution in [-0.2, 0) is 6.42 Å². The Labute approximate surface area is 134 Å². The van der Waals surface area contributed by atoms with E-state index in [1.54, 1.807) is 0 Å². The number of rotatable bonds is 2. The van der Waals surface area contributed by atoms with Crippen molar-refractivity contribution in [2.45, 2.75) is 6.42 Å². The molecule has 1 heterocycles. The first-order valence-corrected chi connectivity index (χ1v) is 7.60. The maximum Gasteiger partial charge on any atom is 0.195 e. The molecule has 4 rings (SSSR count). The number of aliphatic imine (C=N–C) groups is 2. The van der Waals surface area contributed by atoms with Crippen LogP contribution in [0.15, 0.2) is 46.4 Å². The van der Waals surface area contributed by atoms with Crippen LogP contribution in [0.3, 0.4) is 0 Å². The smallest absolute Gasteiger partial charge is 0.195 e. The number of nitrogens with two attached hydrogens (primary N) is 2. The largest absolute Gasteiger partial charge is 0.370 e. The monoisotopic (exact) mass is 306 g/mol. The van der Waals surface area contributed by atoms with Crippen LogP contribution in [-0.4, -0.2) is 25.0 Å². The third-order valence-corrected chi connectivity index (χ3v) is 4.06. The number of fused-ring (bicyclic) bond motifs is 3. The van der Waals surface area contributed by atoms with E-state index in [0.29, 0.717) is 0 Å². The summed E-state index contributed by atoms with van der Waals surface area (Å²) in [4.78, 5) is 8.49. The first kappa shape index (κ1) is 13.6. The molecule has 1 aliphatic heterocycles. The fraction of sp³-hybridized carbons (Fsp3) is 0.176. The quantitative estimate of drug-likeness (QED) is 0.426. The van der Waals surface area contributed by atoms with Crippen molar-refractivity contribution < 1.29 is 0 Å². The van der Waals surface area contributed by atoms with Crippen molar-refractivity contribution in [2.24, 2.45) is 21.5 Å². The summed E-state index contributed by atoms with van der Waals surface area (Å²) in [5.74, 6) is 0.920. The molecule has 0 amide bonds. The van der Waals surface area contributed by atoms with E-state index in [9.17, 15) is 0 Å². The van der Waals surface area contributed by atoms with Crippen LogP contribution in [0, 0.1) is 0 Å². The number of hydrogen-bond acceptors (Lipinski definition) is 4. The minimum absolute atomic E-state index is 0.0804. The third kappa shape index (κ3) is 2.59. The predicted molar refractivity (Wildman–Crippen MR) is 94.1 cm³/mol. The normalized spacial score (nSPS) is 14.5. The summed E-state index contributed by atoms with van der Waals surface area (Å²) in [5, 5.41) is 6.54. The van der Waals surface area contributed by atoms with Gasteiger partial charge in [-0.15, -0.1) is 0 Å². The summed E-state index contributed by atoms with van der Waals surface area (Å²) < 4.78 is 0. The first-order valence-electron chi connectivity index (χ1n) is 7.60.